The molecule has 3 rings (SSSR count). The molecule has 0 saturated carbocycles. The number of hydrogen-bond donors (Lipinski definition) is 3. The second-order valence-electron chi connectivity index (χ2n) is 7.76. The maximum atomic E-state index is 5.32. The summed E-state index contributed by atoms with van der Waals surface area (Å²) in [6.07, 6.45) is 6.48. The first-order valence-corrected chi connectivity index (χ1v) is 11.3. The number of pyridine rings is 1. The number of rotatable bonds is 11. The number of ether oxygens (including phenoxy) is 1. The summed E-state index contributed by atoms with van der Waals surface area (Å²) >= 11 is 0. The quantitative estimate of drug-likeness (QED) is 0.170. The van der Waals surface area contributed by atoms with E-state index in [1.807, 2.05) is 37.4 Å². The van der Waals surface area contributed by atoms with Crippen LogP contribution in [0.15, 0.2) is 53.7 Å². The summed E-state index contributed by atoms with van der Waals surface area (Å²) in [5.41, 5.74) is 1.31. The Morgan fingerprint density at radius 2 is 1.81 bits per heavy atom. The van der Waals surface area contributed by atoms with E-state index in [9.17, 15) is 0 Å². The Morgan fingerprint density at radius 1 is 1.06 bits per heavy atom. The lowest BCUT2D eigenvalue weighted by molar-refractivity contribution is 0.245. The van der Waals surface area contributed by atoms with Crippen LogP contribution < -0.4 is 20.7 Å². The Hall–Kier alpha value is -2.07. The van der Waals surface area contributed by atoms with E-state index in [0.29, 0.717) is 6.04 Å². The molecule has 7 nitrogen and oxygen atoms in total. The van der Waals surface area contributed by atoms with E-state index in [0.717, 1.165) is 63.1 Å². The highest BCUT2D eigenvalue weighted by atomic mass is 127. The van der Waals surface area contributed by atoms with Crippen LogP contribution in [0.5, 0.6) is 5.75 Å². The molecule has 32 heavy (non-hydrogen) atoms. The Morgan fingerprint density at radius 3 is 2.47 bits per heavy atom. The third kappa shape index (κ3) is 8.46. The SMILES string of the molecule is CN=C(NCCCCNc1ccccn1)NCC(c1ccc(OC)cc1)N1CCCC1.I. The standard InChI is InChI=1S/C24H36N6O.HI/c1-25-24(28-16-6-5-15-27-23-9-3-4-14-26-23)29-19-22(30-17-7-8-18-30)20-10-12-21(31-2)13-11-20;/h3-4,9-14,22H,5-8,15-19H2,1-2H3,(H,26,27)(H2,25,28,29);1H. The third-order valence-electron chi connectivity index (χ3n) is 5.64. The molecule has 1 fully saturated rings. The van der Waals surface area contributed by atoms with Gasteiger partial charge in [0, 0.05) is 32.9 Å². The summed E-state index contributed by atoms with van der Waals surface area (Å²) in [5.74, 6) is 2.68. The highest BCUT2D eigenvalue weighted by Crippen LogP contribution is 2.26. The maximum absolute atomic E-state index is 5.32. The highest BCUT2D eigenvalue weighted by molar-refractivity contribution is 14.0. The van der Waals surface area contributed by atoms with Gasteiger partial charge in [-0.25, -0.2) is 4.98 Å². The van der Waals surface area contributed by atoms with Gasteiger partial charge in [0.05, 0.1) is 13.2 Å². The molecule has 3 N–H and O–H groups in total. The maximum Gasteiger partial charge on any atom is 0.191 e. The van der Waals surface area contributed by atoms with E-state index in [-0.39, 0.29) is 24.0 Å². The molecule has 2 aromatic rings. The Kier molecular flexibility index (Phi) is 12.2. The first kappa shape index (κ1) is 26.2. The van der Waals surface area contributed by atoms with Crippen molar-refractivity contribution in [1.29, 1.82) is 0 Å². The normalized spacial score (nSPS) is 15.0. The number of likely N-dealkylation sites (tertiary alicyclic amines) is 1. The molecule has 0 aliphatic carbocycles. The minimum atomic E-state index is 0. The number of benzene rings is 1. The first-order valence-electron chi connectivity index (χ1n) is 11.3. The fraction of sp³-hybridized carbons (Fsp3) is 0.500. The molecule has 1 saturated heterocycles. The van der Waals surface area contributed by atoms with Gasteiger partial charge in [-0.3, -0.25) is 9.89 Å². The first-order chi connectivity index (χ1) is 15.3. The number of hydrogen-bond acceptors (Lipinski definition) is 5. The molecule has 1 aromatic carbocycles. The molecule has 8 heteroatoms. The Bertz CT molecular complexity index is 781. The van der Waals surface area contributed by atoms with Gasteiger partial charge in [0.25, 0.3) is 0 Å². The van der Waals surface area contributed by atoms with Crippen LogP contribution in [0.4, 0.5) is 5.82 Å². The van der Waals surface area contributed by atoms with E-state index in [2.05, 4.69) is 43.0 Å². The van der Waals surface area contributed by atoms with Gasteiger partial charge in [0.15, 0.2) is 5.96 Å². The summed E-state index contributed by atoms with van der Waals surface area (Å²) in [6.45, 7) is 4.92. The summed E-state index contributed by atoms with van der Waals surface area (Å²) < 4.78 is 5.32. The van der Waals surface area contributed by atoms with Crippen molar-refractivity contribution in [2.75, 3.05) is 52.2 Å². The van der Waals surface area contributed by atoms with Crippen molar-refractivity contribution in [2.24, 2.45) is 4.99 Å². The van der Waals surface area contributed by atoms with Gasteiger partial charge >= 0.3 is 0 Å². The lowest BCUT2D eigenvalue weighted by atomic mass is 10.1. The minimum Gasteiger partial charge on any atom is -0.497 e. The fourth-order valence-corrected chi connectivity index (χ4v) is 3.89. The number of nitrogens with one attached hydrogen (secondary N) is 3. The molecule has 0 bridgehead atoms. The predicted octanol–water partition coefficient (Wildman–Crippen LogP) is 3.90. The summed E-state index contributed by atoms with van der Waals surface area (Å²) in [4.78, 5) is 11.2. The zero-order chi connectivity index (χ0) is 21.7. The molecule has 0 amide bonds. The van der Waals surface area contributed by atoms with Crippen LogP contribution >= 0.6 is 24.0 Å². The minimum absolute atomic E-state index is 0. The molecule has 0 radical (unpaired) electrons. The topological polar surface area (TPSA) is 73.8 Å². The lowest BCUT2D eigenvalue weighted by Gasteiger charge is -2.29. The van der Waals surface area contributed by atoms with Crippen LogP contribution in [0.3, 0.4) is 0 Å². The number of aliphatic imine (C=N–C) groups is 1. The smallest absolute Gasteiger partial charge is 0.191 e. The number of halogens is 1. The molecule has 0 spiro atoms. The van der Waals surface area contributed by atoms with Crippen LogP contribution in [-0.2, 0) is 0 Å². The number of aromatic nitrogens is 1. The van der Waals surface area contributed by atoms with Crippen molar-refractivity contribution >= 4 is 35.8 Å². The third-order valence-corrected chi connectivity index (χ3v) is 5.64. The van der Waals surface area contributed by atoms with Crippen molar-refractivity contribution in [3.05, 3.63) is 54.2 Å². The van der Waals surface area contributed by atoms with E-state index in [1.165, 1.54) is 18.4 Å². The average Bonchev–Trinajstić information content (AvgIpc) is 3.35. The van der Waals surface area contributed by atoms with Gasteiger partial charge in [0.2, 0.25) is 0 Å². The van der Waals surface area contributed by atoms with Crippen molar-refractivity contribution in [1.82, 2.24) is 20.5 Å². The van der Waals surface area contributed by atoms with Gasteiger partial charge < -0.3 is 20.7 Å². The molecule has 1 aliphatic rings. The van der Waals surface area contributed by atoms with Crippen molar-refractivity contribution in [3.8, 4) is 5.75 Å². The van der Waals surface area contributed by atoms with E-state index in [1.54, 1.807) is 13.3 Å². The highest BCUT2D eigenvalue weighted by Gasteiger charge is 2.23. The largest absolute Gasteiger partial charge is 0.497 e. The second-order valence-corrected chi connectivity index (χ2v) is 7.76. The fourth-order valence-electron chi connectivity index (χ4n) is 3.89. The number of guanidine groups is 1. The molecular formula is C24H37IN6O. The number of unbranched alkanes of at least 4 members (excludes halogenated alkanes) is 1. The van der Waals surface area contributed by atoms with E-state index in [4.69, 9.17) is 4.74 Å². The summed E-state index contributed by atoms with van der Waals surface area (Å²) in [7, 11) is 3.54. The van der Waals surface area contributed by atoms with Gasteiger partial charge in [0.1, 0.15) is 11.6 Å². The van der Waals surface area contributed by atoms with Crippen molar-refractivity contribution in [2.45, 2.75) is 31.7 Å². The van der Waals surface area contributed by atoms with Crippen LogP contribution in [0.2, 0.25) is 0 Å². The number of methoxy groups -OCH3 is 1. The lowest BCUT2D eigenvalue weighted by Crippen LogP contribution is -2.43. The van der Waals surface area contributed by atoms with Crippen LogP contribution in [0.1, 0.15) is 37.3 Å². The molecule has 1 aliphatic heterocycles. The zero-order valence-electron chi connectivity index (χ0n) is 19.2. The second kappa shape index (κ2) is 14.9. The number of anilines is 1. The van der Waals surface area contributed by atoms with Gasteiger partial charge in [-0.2, -0.15) is 0 Å². The van der Waals surface area contributed by atoms with Crippen LogP contribution in [-0.4, -0.2) is 62.7 Å². The molecule has 176 valence electrons. The van der Waals surface area contributed by atoms with E-state index >= 15 is 0 Å². The van der Waals surface area contributed by atoms with Crippen molar-refractivity contribution < 1.29 is 4.74 Å². The van der Waals surface area contributed by atoms with Crippen molar-refractivity contribution in [3.63, 3.8) is 0 Å². The summed E-state index contributed by atoms with van der Waals surface area (Å²) in [6, 6.07) is 14.7. The zero-order valence-corrected chi connectivity index (χ0v) is 21.5. The van der Waals surface area contributed by atoms with Crippen LogP contribution in [0.25, 0.3) is 0 Å². The van der Waals surface area contributed by atoms with Gasteiger partial charge in [-0.05, 0) is 68.6 Å². The Balaban J connectivity index is 0.00000363. The summed E-state index contributed by atoms with van der Waals surface area (Å²) in [5, 5.41) is 10.3. The monoisotopic (exact) mass is 552 g/mol. The number of nitrogens with zero attached hydrogens (tertiary/aromatic N) is 3. The predicted molar refractivity (Wildman–Crippen MR) is 143 cm³/mol. The molecular weight excluding hydrogens is 515 g/mol. The van der Waals surface area contributed by atoms with Crippen LogP contribution in [0, 0.1) is 0 Å². The molecule has 1 aromatic heterocycles. The van der Waals surface area contributed by atoms with E-state index < -0.39 is 0 Å². The molecule has 1 unspecified atom stereocenters. The Labute approximate surface area is 209 Å². The molecule has 2 heterocycles. The average molecular weight is 553 g/mol. The molecule has 1 atom stereocenters. The van der Waals surface area contributed by atoms with Gasteiger partial charge in [-0.1, -0.05) is 18.2 Å². The van der Waals surface area contributed by atoms with Gasteiger partial charge in [-0.15, -0.1) is 24.0 Å².